The molecule has 0 bridgehead atoms. The molecule has 1 atom stereocenters. The van der Waals surface area contributed by atoms with Crippen LogP contribution in [0.4, 0.5) is 5.95 Å². The van der Waals surface area contributed by atoms with Crippen molar-refractivity contribution >= 4 is 29.6 Å². The quantitative estimate of drug-likeness (QED) is 0.713. The summed E-state index contributed by atoms with van der Waals surface area (Å²) in [5.74, 6) is 0.901. The Morgan fingerprint density at radius 2 is 2.05 bits per heavy atom. The maximum Gasteiger partial charge on any atom is 0.204 e. The van der Waals surface area contributed by atoms with E-state index in [-0.39, 0.29) is 6.10 Å². The van der Waals surface area contributed by atoms with Crippen LogP contribution in [0.25, 0.3) is 11.0 Å². The molecule has 0 saturated carbocycles. The van der Waals surface area contributed by atoms with Crippen molar-refractivity contribution in [1.82, 2.24) is 9.97 Å². The summed E-state index contributed by atoms with van der Waals surface area (Å²) in [4.78, 5) is 11.3. The second kappa shape index (κ2) is 5.66. The molecule has 0 aliphatic carbocycles. The van der Waals surface area contributed by atoms with Crippen molar-refractivity contribution in [2.75, 3.05) is 24.6 Å². The van der Waals surface area contributed by atoms with Gasteiger partial charge in [0.1, 0.15) is 6.10 Å². The maximum atomic E-state index is 5.91. The Labute approximate surface area is 134 Å². The van der Waals surface area contributed by atoms with Crippen LogP contribution in [0.3, 0.4) is 0 Å². The molecule has 112 valence electrons. The first kappa shape index (κ1) is 13.7. The van der Waals surface area contributed by atoms with Gasteiger partial charge in [0.2, 0.25) is 5.95 Å². The summed E-state index contributed by atoms with van der Waals surface area (Å²) in [5, 5.41) is 0. The molecule has 4 nitrogen and oxygen atoms in total. The van der Waals surface area contributed by atoms with E-state index in [1.165, 1.54) is 5.56 Å². The van der Waals surface area contributed by atoms with Crippen molar-refractivity contribution in [1.29, 1.82) is 0 Å². The van der Waals surface area contributed by atoms with Crippen molar-refractivity contribution in [3.63, 3.8) is 0 Å². The number of anilines is 1. The molecule has 1 N–H and O–H groups in total. The normalized spacial score (nSPS) is 18.8. The second-order valence-electron chi connectivity index (χ2n) is 5.48. The third-order valence-electron chi connectivity index (χ3n) is 3.99. The first-order valence-electron chi connectivity index (χ1n) is 7.40. The smallest absolute Gasteiger partial charge is 0.204 e. The summed E-state index contributed by atoms with van der Waals surface area (Å²) in [6.45, 7) is 2.35. The molecule has 2 heterocycles. The molecule has 22 heavy (non-hydrogen) atoms. The summed E-state index contributed by atoms with van der Waals surface area (Å²) in [7, 11) is 0. The van der Waals surface area contributed by atoms with Gasteiger partial charge in [0, 0.05) is 11.4 Å². The standard InChI is InChI=1S/C17H17N3OS/c22-13-6-7-14-15(10-13)19-17(18-14)20-8-9-21-16(11-20)12-4-2-1-3-5-12/h1-7,10,16,22H,8-9,11H2,(H,18,19). The van der Waals surface area contributed by atoms with E-state index in [4.69, 9.17) is 4.74 Å². The van der Waals surface area contributed by atoms with Crippen LogP contribution < -0.4 is 4.90 Å². The predicted molar refractivity (Wildman–Crippen MR) is 90.7 cm³/mol. The minimum Gasteiger partial charge on any atom is -0.370 e. The van der Waals surface area contributed by atoms with Crippen LogP contribution in [0.5, 0.6) is 0 Å². The number of H-pyrrole nitrogens is 1. The van der Waals surface area contributed by atoms with Gasteiger partial charge in [-0.1, -0.05) is 30.3 Å². The number of hydrogen-bond acceptors (Lipinski definition) is 4. The highest BCUT2D eigenvalue weighted by atomic mass is 32.1. The van der Waals surface area contributed by atoms with E-state index in [2.05, 4.69) is 39.6 Å². The molecule has 1 aliphatic heterocycles. The van der Waals surface area contributed by atoms with Gasteiger partial charge in [-0.2, -0.15) is 0 Å². The molecule has 1 aromatic heterocycles. The number of aromatic nitrogens is 2. The summed E-state index contributed by atoms with van der Waals surface area (Å²) in [6.07, 6.45) is 0.0867. The SMILES string of the molecule is Sc1ccc2nc(N3CCOC(c4ccccc4)C3)[nH]c2c1. The molecule has 4 rings (SSSR count). The third-order valence-corrected chi connectivity index (χ3v) is 4.27. The number of nitrogens with zero attached hydrogens (tertiary/aromatic N) is 2. The van der Waals surface area contributed by atoms with Crippen molar-refractivity contribution in [2.24, 2.45) is 0 Å². The summed E-state index contributed by atoms with van der Waals surface area (Å²) < 4.78 is 5.91. The van der Waals surface area contributed by atoms with Crippen LogP contribution in [0.15, 0.2) is 53.4 Å². The highest BCUT2D eigenvalue weighted by Crippen LogP contribution is 2.26. The van der Waals surface area contributed by atoms with Crippen LogP contribution in [0.2, 0.25) is 0 Å². The minimum absolute atomic E-state index is 0.0867. The van der Waals surface area contributed by atoms with E-state index >= 15 is 0 Å². The number of rotatable bonds is 2. The van der Waals surface area contributed by atoms with Gasteiger partial charge in [-0.3, -0.25) is 0 Å². The molecule has 1 aliphatic rings. The van der Waals surface area contributed by atoms with Crippen LogP contribution >= 0.6 is 12.6 Å². The number of aromatic amines is 1. The van der Waals surface area contributed by atoms with E-state index in [1.807, 2.05) is 36.4 Å². The van der Waals surface area contributed by atoms with E-state index in [0.717, 1.165) is 35.0 Å². The molecule has 1 unspecified atom stereocenters. The molecule has 5 heteroatoms. The van der Waals surface area contributed by atoms with Crippen LogP contribution in [0, 0.1) is 0 Å². The minimum atomic E-state index is 0.0867. The monoisotopic (exact) mass is 311 g/mol. The fourth-order valence-electron chi connectivity index (χ4n) is 2.84. The van der Waals surface area contributed by atoms with Crippen molar-refractivity contribution in [3.8, 4) is 0 Å². The second-order valence-corrected chi connectivity index (χ2v) is 5.99. The number of imidazole rings is 1. The van der Waals surface area contributed by atoms with Gasteiger partial charge in [-0.05, 0) is 23.8 Å². The lowest BCUT2D eigenvalue weighted by Gasteiger charge is -2.32. The van der Waals surface area contributed by atoms with Crippen LogP contribution in [0.1, 0.15) is 11.7 Å². The Bertz CT molecular complexity index is 787. The van der Waals surface area contributed by atoms with Crippen molar-refractivity contribution in [3.05, 3.63) is 54.1 Å². The van der Waals surface area contributed by atoms with Crippen LogP contribution in [-0.2, 0) is 4.74 Å². The van der Waals surface area contributed by atoms with Gasteiger partial charge < -0.3 is 14.6 Å². The summed E-state index contributed by atoms with van der Waals surface area (Å²) in [6, 6.07) is 16.3. The molecule has 1 saturated heterocycles. The van der Waals surface area contributed by atoms with Crippen molar-refractivity contribution in [2.45, 2.75) is 11.0 Å². The highest BCUT2D eigenvalue weighted by molar-refractivity contribution is 7.80. The number of thiol groups is 1. The highest BCUT2D eigenvalue weighted by Gasteiger charge is 2.23. The molecule has 2 aromatic carbocycles. The van der Waals surface area contributed by atoms with Gasteiger partial charge >= 0.3 is 0 Å². The molecular formula is C17H17N3OS. The van der Waals surface area contributed by atoms with Gasteiger partial charge in [-0.25, -0.2) is 4.98 Å². The lowest BCUT2D eigenvalue weighted by molar-refractivity contribution is 0.0393. The number of benzene rings is 2. The van der Waals surface area contributed by atoms with Crippen LogP contribution in [-0.4, -0.2) is 29.7 Å². The lowest BCUT2D eigenvalue weighted by atomic mass is 10.1. The maximum absolute atomic E-state index is 5.91. The zero-order valence-corrected chi connectivity index (χ0v) is 13.0. The van der Waals surface area contributed by atoms with E-state index in [0.29, 0.717) is 6.61 Å². The Morgan fingerprint density at radius 1 is 1.18 bits per heavy atom. The molecular weight excluding hydrogens is 294 g/mol. The molecule has 0 amide bonds. The first-order valence-corrected chi connectivity index (χ1v) is 7.84. The zero-order chi connectivity index (χ0) is 14.9. The Hall–Kier alpha value is -1.98. The van der Waals surface area contributed by atoms with Gasteiger partial charge in [0.25, 0.3) is 0 Å². The van der Waals surface area contributed by atoms with Gasteiger partial charge in [0.05, 0.1) is 24.2 Å². The third kappa shape index (κ3) is 2.58. The van der Waals surface area contributed by atoms with E-state index < -0.39 is 0 Å². The molecule has 3 aromatic rings. The largest absolute Gasteiger partial charge is 0.370 e. The molecule has 0 spiro atoms. The summed E-state index contributed by atoms with van der Waals surface area (Å²) in [5.41, 5.74) is 3.20. The number of ether oxygens (including phenoxy) is 1. The number of hydrogen-bond donors (Lipinski definition) is 2. The predicted octanol–water partition coefficient (Wildman–Crippen LogP) is 3.43. The summed E-state index contributed by atoms with van der Waals surface area (Å²) >= 11 is 4.38. The first-order chi connectivity index (χ1) is 10.8. The fourth-order valence-corrected chi connectivity index (χ4v) is 3.05. The Balaban J connectivity index is 1.61. The van der Waals surface area contributed by atoms with E-state index in [9.17, 15) is 0 Å². The van der Waals surface area contributed by atoms with Crippen molar-refractivity contribution < 1.29 is 4.74 Å². The fraction of sp³-hybridized carbons (Fsp3) is 0.235. The molecule has 1 fully saturated rings. The number of nitrogens with one attached hydrogen (secondary N) is 1. The number of morpholine rings is 1. The lowest BCUT2D eigenvalue weighted by Crippen LogP contribution is -2.39. The Morgan fingerprint density at radius 3 is 2.91 bits per heavy atom. The van der Waals surface area contributed by atoms with E-state index in [1.54, 1.807) is 0 Å². The van der Waals surface area contributed by atoms with Gasteiger partial charge in [0.15, 0.2) is 0 Å². The average molecular weight is 311 g/mol. The molecule has 0 radical (unpaired) electrons. The zero-order valence-electron chi connectivity index (χ0n) is 12.1. The van der Waals surface area contributed by atoms with Gasteiger partial charge in [-0.15, -0.1) is 12.6 Å². The Kier molecular flexibility index (Phi) is 3.52. The topological polar surface area (TPSA) is 41.2 Å². The average Bonchev–Trinajstić information content (AvgIpc) is 2.99. The number of fused-ring (bicyclic) bond motifs is 1.